The second-order valence-corrected chi connectivity index (χ2v) is 4.56. The number of rotatable bonds is 3. The minimum atomic E-state index is 0.787. The highest BCUT2D eigenvalue weighted by atomic mass is 32.1. The maximum absolute atomic E-state index is 5.28. The highest BCUT2D eigenvalue weighted by Crippen LogP contribution is 2.21. The van der Waals surface area contributed by atoms with Gasteiger partial charge in [-0.1, -0.05) is 29.5 Å². The number of hydrogen-bond acceptors (Lipinski definition) is 5. The van der Waals surface area contributed by atoms with E-state index in [4.69, 9.17) is 4.74 Å². The molecule has 0 fully saturated rings. The van der Waals surface area contributed by atoms with Crippen molar-refractivity contribution in [3.8, 4) is 5.75 Å². The zero-order chi connectivity index (χ0) is 12.4. The van der Waals surface area contributed by atoms with Gasteiger partial charge in [0.15, 0.2) is 0 Å². The number of nitrogens with zero attached hydrogens (tertiary/aromatic N) is 4. The molecule has 3 rings (SSSR count). The van der Waals surface area contributed by atoms with Gasteiger partial charge in [-0.15, -0.1) is 10.2 Å². The summed E-state index contributed by atoms with van der Waals surface area (Å²) in [4.78, 5) is 0.787. The smallest absolute Gasteiger partial charge is 0.234 e. The third-order valence-corrected chi connectivity index (χ3v) is 3.32. The van der Waals surface area contributed by atoms with E-state index in [0.29, 0.717) is 0 Å². The van der Waals surface area contributed by atoms with Crippen LogP contribution in [0.25, 0.3) is 17.1 Å². The van der Waals surface area contributed by atoms with Gasteiger partial charge in [-0.2, -0.15) is 9.61 Å². The fourth-order valence-corrected chi connectivity index (χ4v) is 2.33. The average molecular weight is 258 g/mol. The molecule has 5 nitrogen and oxygen atoms in total. The molecule has 2 aromatic heterocycles. The molecular formula is C12H10N4OS. The summed E-state index contributed by atoms with van der Waals surface area (Å²) < 4.78 is 6.94. The van der Waals surface area contributed by atoms with Crippen LogP contribution in [0.3, 0.4) is 0 Å². The standard InChI is InChI=1S/C12H10N4OS/c1-17-10-5-3-2-4-9(10)6-7-11-15-16-8-13-14-12(16)18-11/h2-8H,1H3/b7-6+. The highest BCUT2D eigenvalue weighted by Gasteiger charge is 2.02. The van der Waals surface area contributed by atoms with Crippen LogP contribution in [0.5, 0.6) is 5.75 Å². The minimum absolute atomic E-state index is 0.787. The minimum Gasteiger partial charge on any atom is -0.496 e. The van der Waals surface area contributed by atoms with Crippen LogP contribution < -0.4 is 4.74 Å². The summed E-state index contributed by atoms with van der Waals surface area (Å²) in [6.07, 6.45) is 5.51. The molecule has 0 amide bonds. The molecule has 0 radical (unpaired) electrons. The summed E-state index contributed by atoms with van der Waals surface area (Å²) >= 11 is 1.49. The quantitative estimate of drug-likeness (QED) is 0.723. The molecule has 0 saturated carbocycles. The van der Waals surface area contributed by atoms with Crippen LogP contribution in [0.4, 0.5) is 0 Å². The van der Waals surface area contributed by atoms with E-state index in [2.05, 4.69) is 15.3 Å². The Morgan fingerprint density at radius 3 is 3.00 bits per heavy atom. The molecule has 0 saturated heterocycles. The van der Waals surface area contributed by atoms with E-state index in [0.717, 1.165) is 21.3 Å². The first-order chi connectivity index (χ1) is 8.86. The molecular weight excluding hydrogens is 248 g/mol. The second kappa shape index (κ2) is 4.58. The molecule has 1 aromatic carbocycles. The molecule has 2 heterocycles. The summed E-state index contributed by atoms with van der Waals surface area (Å²) in [5, 5.41) is 12.9. The molecule has 0 aliphatic carbocycles. The molecule has 18 heavy (non-hydrogen) atoms. The van der Waals surface area contributed by atoms with Gasteiger partial charge in [0.25, 0.3) is 0 Å². The molecule has 0 aliphatic heterocycles. The molecule has 0 aliphatic rings. The summed E-state index contributed by atoms with van der Waals surface area (Å²) in [5.41, 5.74) is 1.02. The number of ether oxygens (including phenoxy) is 1. The molecule has 0 N–H and O–H groups in total. The van der Waals surface area contributed by atoms with Crippen LogP contribution in [0.15, 0.2) is 30.6 Å². The van der Waals surface area contributed by atoms with Crippen LogP contribution in [-0.4, -0.2) is 26.9 Å². The van der Waals surface area contributed by atoms with Crippen LogP contribution >= 0.6 is 11.3 Å². The molecule has 0 bridgehead atoms. The molecule has 0 unspecified atom stereocenters. The lowest BCUT2D eigenvalue weighted by Crippen LogP contribution is -1.85. The van der Waals surface area contributed by atoms with Crippen molar-refractivity contribution in [1.82, 2.24) is 19.8 Å². The lowest BCUT2D eigenvalue weighted by molar-refractivity contribution is 0.414. The van der Waals surface area contributed by atoms with Crippen molar-refractivity contribution in [3.05, 3.63) is 41.2 Å². The monoisotopic (exact) mass is 258 g/mol. The summed E-state index contributed by atoms with van der Waals surface area (Å²) in [5.74, 6) is 0.844. The largest absolute Gasteiger partial charge is 0.496 e. The average Bonchev–Trinajstić information content (AvgIpc) is 2.97. The van der Waals surface area contributed by atoms with Gasteiger partial charge in [0.05, 0.1) is 7.11 Å². The fourth-order valence-electron chi connectivity index (χ4n) is 1.61. The van der Waals surface area contributed by atoms with Crippen molar-refractivity contribution in [2.45, 2.75) is 0 Å². The Labute approximate surface area is 107 Å². The van der Waals surface area contributed by atoms with E-state index in [1.54, 1.807) is 18.0 Å². The van der Waals surface area contributed by atoms with Crippen molar-refractivity contribution in [2.75, 3.05) is 7.11 Å². The van der Waals surface area contributed by atoms with E-state index in [-0.39, 0.29) is 0 Å². The number of hydrogen-bond donors (Lipinski definition) is 0. The van der Waals surface area contributed by atoms with Crippen molar-refractivity contribution in [3.63, 3.8) is 0 Å². The molecule has 0 spiro atoms. The SMILES string of the molecule is COc1ccccc1/C=C/c1nn2cnnc2s1. The van der Waals surface area contributed by atoms with Crippen LogP contribution in [-0.2, 0) is 0 Å². The third-order valence-electron chi connectivity index (χ3n) is 2.45. The van der Waals surface area contributed by atoms with Gasteiger partial charge < -0.3 is 4.74 Å². The summed E-state index contributed by atoms with van der Waals surface area (Å²) in [6, 6.07) is 7.84. The fraction of sp³-hybridized carbons (Fsp3) is 0.0833. The lowest BCUT2D eigenvalue weighted by Gasteiger charge is -2.02. The van der Waals surface area contributed by atoms with Crippen LogP contribution in [0.1, 0.15) is 10.6 Å². The zero-order valence-electron chi connectivity index (χ0n) is 9.65. The Morgan fingerprint density at radius 2 is 2.17 bits per heavy atom. The van der Waals surface area contributed by atoms with Gasteiger partial charge in [0.1, 0.15) is 17.1 Å². The van der Waals surface area contributed by atoms with E-state index in [9.17, 15) is 0 Å². The van der Waals surface area contributed by atoms with E-state index in [1.807, 2.05) is 36.4 Å². The first kappa shape index (κ1) is 10.9. The molecule has 6 heteroatoms. The van der Waals surface area contributed by atoms with Gasteiger partial charge in [0.2, 0.25) is 4.96 Å². The van der Waals surface area contributed by atoms with E-state index >= 15 is 0 Å². The first-order valence-corrected chi connectivity index (χ1v) is 6.16. The van der Waals surface area contributed by atoms with Crippen LogP contribution in [0.2, 0.25) is 0 Å². The Kier molecular flexibility index (Phi) is 2.77. The van der Waals surface area contributed by atoms with Gasteiger partial charge in [-0.05, 0) is 18.2 Å². The van der Waals surface area contributed by atoms with Gasteiger partial charge in [-0.25, -0.2) is 0 Å². The Bertz CT molecular complexity index is 672. The highest BCUT2D eigenvalue weighted by molar-refractivity contribution is 7.17. The Balaban J connectivity index is 1.91. The zero-order valence-corrected chi connectivity index (χ0v) is 10.5. The molecule has 90 valence electrons. The Hall–Kier alpha value is -2.21. The number of aromatic nitrogens is 4. The summed E-state index contributed by atoms with van der Waals surface area (Å²) in [7, 11) is 1.66. The number of para-hydroxylation sites is 1. The topological polar surface area (TPSA) is 52.3 Å². The molecule has 3 aromatic rings. The maximum Gasteiger partial charge on any atom is 0.234 e. The van der Waals surface area contributed by atoms with Gasteiger partial charge in [0, 0.05) is 5.56 Å². The lowest BCUT2D eigenvalue weighted by atomic mass is 10.2. The normalized spacial score (nSPS) is 11.4. The van der Waals surface area contributed by atoms with Crippen LogP contribution in [0, 0.1) is 0 Å². The third kappa shape index (κ3) is 1.98. The van der Waals surface area contributed by atoms with E-state index < -0.39 is 0 Å². The van der Waals surface area contributed by atoms with Crippen molar-refractivity contribution in [2.24, 2.45) is 0 Å². The maximum atomic E-state index is 5.28. The van der Waals surface area contributed by atoms with Gasteiger partial charge >= 0.3 is 0 Å². The first-order valence-electron chi connectivity index (χ1n) is 5.35. The van der Waals surface area contributed by atoms with Gasteiger partial charge in [-0.3, -0.25) is 0 Å². The second-order valence-electron chi connectivity index (χ2n) is 3.57. The van der Waals surface area contributed by atoms with Crippen molar-refractivity contribution >= 4 is 28.4 Å². The summed E-state index contributed by atoms with van der Waals surface area (Å²) in [6.45, 7) is 0. The van der Waals surface area contributed by atoms with Crippen molar-refractivity contribution < 1.29 is 4.74 Å². The number of benzene rings is 1. The Morgan fingerprint density at radius 1 is 1.28 bits per heavy atom. The van der Waals surface area contributed by atoms with Crippen molar-refractivity contribution in [1.29, 1.82) is 0 Å². The van der Waals surface area contributed by atoms with E-state index in [1.165, 1.54) is 11.3 Å². The predicted octanol–water partition coefficient (Wildman–Crippen LogP) is 2.36. The molecule has 0 atom stereocenters. The predicted molar refractivity (Wildman–Crippen MR) is 70.6 cm³/mol. The number of methoxy groups -OCH3 is 1. The number of fused-ring (bicyclic) bond motifs is 1.